The van der Waals surface area contributed by atoms with E-state index in [1.165, 1.54) is 12.8 Å². The molecule has 62 heavy (non-hydrogen) atoms. The van der Waals surface area contributed by atoms with Gasteiger partial charge in [-0.25, -0.2) is 4.79 Å². The lowest BCUT2D eigenvalue weighted by molar-refractivity contribution is -0.887. The van der Waals surface area contributed by atoms with Gasteiger partial charge in [0.15, 0.2) is 12.1 Å². The summed E-state index contributed by atoms with van der Waals surface area (Å²) >= 11 is 0. The molecular weight excluding hydrogens is 775 g/mol. The van der Waals surface area contributed by atoms with Crippen LogP contribution in [0, 0.1) is 0 Å². The minimum Gasteiger partial charge on any atom is -0.477 e. The summed E-state index contributed by atoms with van der Waals surface area (Å²) in [4.78, 5) is 37.1. The molecule has 346 valence electrons. The van der Waals surface area contributed by atoms with E-state index in [0.29, 0.717) is 19.3 Å². The second-order valence-corrected chi connectivity index (χ2v) is 16.1. The van der Waals surface area contributed by atoms with Crippen LogP contribution in [0.2, 0.25) is 0 Å². The molecule has 0 saturated carbocycles. The van der Waals surface area contributed by atoms with Crippen LogP contribution in [0.5, 0.6) is 0 Å². The molecule has 0 heterocycles. The van der Waals surface area contributed by atoms with Gasteiger partial charge < -0.3 is 23.8 Å². The highest BCUT2D eigenvalue weighted by Gasteiger charge is 2.31. The monoisotopic (exact) mass is 859 g/mol. The van der Waals surface area contributed by atoms with Crippen LogP contribution in [-0.2, 0) is 28.6 Å². The van der Waals surface area contributed by atoms with Crippen LogP contribution in [0.1, 0.15) is 136 Å². The number of carboxylic acid groups (broad SMARTS) is 1. The number of carbonyl (C=O) groups is 3. The minimum atomic E-state index is -0.892. The van der Waals surface area contributed by atoms with Crippen LogP contribution in [0.4, 0.5) is 0 Å². The Labute approximate surface area is 377 Å². The number of likely N-dealkylation sites (N-methyl/N-ethyl adjacent to an activating group) is 1. The highest BCUT2D eigenvalue weighted by Crippen LogP contribution is 2.13. The maximum absolute atomic E-state index is 12.8. The maximum atomic E-state index is 12.8. The molecule has 0 saturated heterocycles. The number of ether oxygens (including phenoxy) is 3. The Morgan fingerprint density at radius 3 is 1.47 bits per heavy atom. The smallest absolute Gasteiger partial charge is 0.362 e. The zero-order valence-corrected chi connectivity index (χ0v) is 39.3. The molecule has 0 aromatic carbocycles. The van der Waals surface area contributed by atoms with Crippen LogP contribution in [0.25, 0.3) is 0 Å². The van der Waals surface area contributed by atoms with Crippen LogP contribution in [-0.4, -0.2) is 80.6 Å². The highest BCUT2D eigenvalue weighted by molar-refractivity contribution is 5.72. The average Bonchev–Trinajstić information content (AvgIpc) is 3.23. The first-order valence-electron chi connectivity index (χ1n) is 23.3. The van der Waals surface area contributed by atoms with Gasteiger partial charge in [0, 0.05) is 19.3 Å². The molecule has 0 spiro atoms. The van der Waals surface area contributed by atoms with E-state index >= 15 is 0 Å². The largest absolute Gasteiger partial charge is 0.477 e. The number of hydrogen-bond donors (Lipinski definition) is 1. The zero-order valence-electron chi connectivity index (χ0n) is 39.3. The summed E-state index contributed by atoms with van der Waals surface area (Å²) in [6.07, 6.45) is 62.0. The fourth-order valence-electron chi connectivity index (χ4n) is 5.95. The van der Waals surface area contributed by atoms with Gasteiger partial charge >= 0.3 is 17.9 Å². The summed E-state index contributed by atoms with van der Waals surface area (Å²) in [5.74, 6) is -1.57. The molecule has 2 unspecified atom stereocenters. The predicted octanol–water partition coefficient (Wildman–Crippen LogP) is 13.2. The summed E-state index contributed by atoms with van der Waals surface area (Å²) in [6.45, 7) is 4.38. The summed E-state index contributed by atoms with van der Waals surface area (Å²) in [5, 5.41) is 9.64. The molecule has 0 bridgehead atoms. The lowest BCUT2D eigenvalue weighted by Gasteiger charge is -2.31. The highest BCUT2D eigenvalue weighted by atomic mass is 16.6. The van der Waals surface area contributed by atoms with Crippen LogP contribution >= 0.6 is 0 Å². The molecule has 1 N–H and O–H groups in total. The van der Waals surface area contributed by atoms with Crippen molar-refractivity contribution in [1.82, 2.24) is 0 Å². The Balaban J connectivity index is 4.48. The molecule has 0 aliphatic heterocycles. The van der Waals surface area contributed by atoms with Gasteiger partial charge in [-0.05, 0) is 70.6 Å². The Morgan fingerprint density at radius 2 is 0.935 bits per heavy atom. The van der Waals surface area contributed by atoms with E-state index in [2.05, 4.69) is 74.6 Å². The number of aliphatic carboxylic acids is 1. The third kappa shape index (κ3) is 40.9. The van der Waals surface area contributed by atoms with Crippen molar-refractivity contribution in [2.24, 2.45) is 0 Å². The van der Waals surface area contributed by atoms with Crippen LogP contribution < -0.4 is 0 Å². The molecule has 2 atom stereocenters. The van der Waals surface area contributed by atoms with Crippen molar-refractivity contribution < 1.29 is 38.2 Å². The van der Waals surface area contributed by atoms with Gasteiger partial charge in [0.1, 0.15) is 6.61 Å². The summed E-state index contributed by atoms with van der Waals surface area (Å²) in [5.41, 5.74) is 0. The van der Waals surface area contributed by atoms with Crippen LogP contribution in [0.3, 0.4) is 0 Å². The summed E-state index contributed by atoms with van der Waals surface area (Å²) < 4.78 is 17.2. The second kappa shape index (κ2) is 43.1. The molecule has 0 aromatic heterocycles. The molecule has 8 nitrogen and oxygen atoms in total. The fraction of sp³-hybridized carbons (Fsp3) is 0.537. The number of esters is 2. The Morgan fingerprint density at radius 1 is 0.500 bits per heavy atom. The van der Waals surface area contributed by atoms with Gasteiger partial charge in [-0.3, -0.25) is 9.59 Å². The zero-order chi connectivity index (χ0) is 45.6. The van der Waals surface area contributed by atoms with Crippen molar-refractivity contribution >= 4 is 17.9 Å². The quantitative estimate of drug-likeness (QED) is 0.0216. The molecule has 0 amide bonds. The van der Waals surface area contributed by atoms with Crippen molar-refractivity contribution in [2.45, 2.75) is 148 Å². The number of carboxylic acids is 1. The second-order valence-electron chi connectivity index (χ2n) is 16.1. The number of nitrogens with zero attached hydrogens (tertiary/aromatic N) is 1. The average molecular weight is 859 g/mol. The van der Waals surface area contributed by atoms with E-state index in [4.69, 9.17) is 14.2 Å². The molecular formula is C54H84NO7+. The third-order valence-corrected chi connectivity index (χ3v) is 9.49. The van der Waals surface area contributed by atoms with Crippen molar-refractivity contribution in [3.8, 4) is 0 Å². The van der Waals surface area contributed by atoms with Gasteiger partial charge in [0.2, 0.25) is 0 Å². The molecule has 8 heteroatoms. The topological polar surface area (TPSA) is 99.1 Å². The Kier molecular flexibility index (Phi) is 40.0. The molecule has 0 radical (unpaired) electrons. The first-order chi connectivity index (χ1) is 30.1. The summed E-state index contributed by atoms with van der Waals surface area (Å²) in [7, 11) is 5.49. The number of rotatable bonds is 39. The van der Waals surface area contributed by atoms with E-state index < -0.39 is 18.1 Å². The number of unbranched alkanes of at least 4 members (excludes halogenated alkanes) is 9. The molecule has 0 aliphatic carbocycles. The number of hydrogen-bond acceptors (Lipinski definition) is 6. The van der Waals surface area contributed by atoms with Gasteiger partial charge in [-0.2, -0.15) is 0 Å². The van der Waals surface area contributed by atoms with Gasteiger partial charge in [0.05, 0.1) is 34.4 Å². The van der Waals surface area contributed by atoms with E-state index in [-0.39, 0.29) is 42.7 Å². The van der Waals surface area contributed by atoms with Gasteiger partial charge in [0.25, 0.3) is 0 Å². The van der Waals surface area contributed by atoms with E-state index in [1.807, 2.05) is 94.1 Å². The molecule has 0 aromatic rings. The normalized spacial score (nSPS) is 14.1. The standard InChI is InChI=1S/C54H83NO7/c1-6-8-10-12-14-16-18-20-22-24-26-28-30-32-34-36-38-40-42-44-52(56)61-49-50(48-60-47-46-51(54(58)59)55(3,4)5)62-53(57)45-43-41-39-37-35-33-31-29-27-25-23-21-19-17-15-13-11-9-7-2/h8-12,14-18,20-24,26-30,32,34,50-51H,6-7,13,19,25,31,33,35-49H2,1-5H3/p+1/b10-8+,11-9+,14-12+,17-15+,18-16+,22-20+,23-21+,26-24+,29-27+,30-28+,34-32+. The maximum Gasteiger partial charge on any atom is 0.362 e. The first-order valence-corrected chi connectivity index (χ1v) is 23.3. The SMILES string of the molecule is CC/C=C/C=C/C=C/C=C/C=C/C=C/C=C/CCCCCC(=O)OCC(COCCC(C(=O)O)[N+](C)(C)C)OC(=O)CCCCCCCC/C=C/C/C=C/C/C=C/C/C=C/CC. The summed E-state index contributed by atoms with van der Waals surface area (Å²) in [6, 6.07) is -0.635. The Hall–Kier alpha value is -4.53. The van der Waals surface area contributed by atoms with Crippen molar-refractivity contribution in [2.75, 3.05) is 41.0 Å². The van der Waals surface area contributed by atoms with Crippen LogP contribution in [0.15, 0.2) is 134 Å². The number of allylic oxidation sites excluding steroid dienone is 22. The van der Waals surface area contributed by atoms with E-state index in [1.54, 1.807) is 0 Å². The van der Waals surface area contributed by atoms with E-state index in [9.17, 15) is 19.5 Å². The lowest BCUT2D eigenvalue weighted by Crippen LogP contribution is -2.50. The van der Waals surface area contributed by atoms with Gasteiger partial charge in [-0.15, -0.1) is 0 Å². The van der Waals surface area contributed by atoms with Crippen molar-refractivity contribution in [1.29, 1.82) is 0 Å². The number of quaternary nitrogens is 1. The minimum absolute atomic E-state index is 0.0294. The predicted molar refractivity (Wildman–Crippen MR) is 261 cm³/mol. The fourth-order valence-corrected chi connectivity index (χ4v) is 5.95. The van der Waals surface area contributed by atoms with E-state index in [0.717, 1.165) is 83.5 Å². The van der Waals surface area contributed by atoms with Gasteiger partial charge in [-0.1, -0.05) is 180 Å². The number of carbonyl (C=O) groups excluding carboxylic acids is 2. The Bertz CT molecular complexity index is 1470. The molecule has 0 fully saturated rings. The lowest BCUT2D eigenvalue weighted by atomic mass is 10.1. The first kappa shape index (κ1) is 57.5. The van der Waals surface area contributed by atoms with Crippen molar-refractivity contribution in [3.63, 3.8) is 0 Å². The van der Waals surface area contributed by atoms with Crippen molar-refractivity contribution in [3.05, 3.63) is 134 Å². The molecule has 0 rings (SSSR count). The molecule has 0 aliphatic rings. The third-order valence-electron chi connectivity index (χ3n) is 9.49.